The number of benzene rings is 2. The molecule has 3 N–H and O–H groups in total. The normalized spacial score (nSPS) is 20.5. The number of amides is 1. The summed E-state index contributed by atoms with van der Waals surface area (Å²) in [6.45, 7) is 2.22. The molecule has 2 aromatic rings. The number of carbonyl (C=O) groups excluding carboxylic acids is 1. The van der Waals surface area contributed by atoms with Crippen molar-refractivity contribution in [3.05, 3.63) is 65.5 Å². The van der Waals surface area contributed by atoms with Crippen LogP contribution >= 0.6 is 0 Å². The van der Waals surface area contributed by atoms with Gasteiger partial charge in [-0.1, -0.05) is 24.3 Å². The van der Waals surface area contributed by atoms with E-state index in [4.69, 9.17) is 10.5 Å². The van der Waals surface area contributed by atoms with Crippen LogP contribution in [0.2, 0.25) is 0 Å². The molecule has 1 fully saturated rings. The Morgan fingerprint density at radius 2 is 1.96 bits per heavy atom. The maximum atomic E-state index is 13.2. The van der Waals surface area contributed by atoms with Crippen LogP contribution in [-0.4, -0.2) is 25.6 Å². The summed E-state index contributed by atoms with van der Waals surface area (Å²) in [6, 6.07) is 13.7. The standard InChI is InChI=1S/C19H21FN2O2/c20-15-7-5-13(6-8-15)16-9-10-22-11-14(16)12-24-18-4-2-1-3-17(18)19(21)23/h1-8,14,16,22H,9-12H2,(H2,21,23)/t14-,16-/m0/s1. The van der Waals surface area contributed by atoms with Gasteiger partial charge in [0.05, 0.1) is 12.2 Å². The molecule has 2 atom stereocenters. The van der Waals surface area contributed by atoms with E-state index in [0.29, 0.717) is 23.8 Å². The van der Waals surface area contributed by atoms with Gasteiger partial charge in [0, 0.05) is 12.5 Å². The topological polar surface area (TPSA) is 64.4 Å². The van der Waals surface area contributed by atoms with E-state index >= 15 is 0 Å². The Morgan fingerprint density at radius 3 is 2.71 bits per heavy atom. The summed E-state index contributed by atoms with van der Waals surface area (Å²) in [7, 11) is 0. The molecule has 1 heterocycles. The molecule has 0 saturated carbocycles. The van der Waals surface area contributed by atoms with E-state index < -0.39 is 5.91 Å². The predicted molar refractivity (Wildman–Crippen MR) is 90.6 cm³/mol. The van der Waals surface area contributed by atoms with Crippen molar-refractivity contribution in [2.45, 2.75) is 12.3 Å². The fourth-order valence-electron chi connectivity index (χ4n) is 3.24. The monoisotopic (exact) mass is 328 g/mol. The molecule has 1 aliphatic rings. The van der Waals surface area contributed by atoms with Crippen LogP contribution in [0.25, 0.3) is 0 Å². The van der Waals surface area contributed by atoms with Crippen LogP contribution in [0.4, 0.5) is 4.39 Å². The second kappa shape index (κ2) is 7.45. The molecule has 0 aliphatic carbocycles. The highest BCUT2D eigenvalue weighted by Gasteiger charge is 2.27. The van der Waals surface area contributed by atoms with Crippen molar-refractivity contribution >= 4 is 5.91 Å². The summed E-state index contributed by atoms with van der Waals surface area (Å²) in [5.74, 6) is 0.324. The Hall–Kier alpha value is -2.40. The SMILES string of the molecule is NC(=O)c1ccccc1OC[C@@H]1CNCC[C@H]1c1ccc(F)cc1. The molecule has 5 heteroatoms. The van der Waals surface area contributed by atoms with Crippen LogP contribution in [0.3, 0.4) is 0 Å². The molecule has 2 aromatic carbocycles. The average Bonchev–Trinajstić information content (AvgIpc) is 2.61. The van der Waals surface area contributed by atoms with Gasteiger partial charge in [-0.15, -0.1) is 0 Å². The lowest BCUT2D eigenvalue weighted by Crippen LogP contribution is -2.38. The first kappa shape index (κ1) is 16.5. The summed E-state index contributed by atoms with van der Waals surface area (Å²) in [6.07, 6.45) is 0.969. The molecule has 126 valence electrons. The van der Waals surface area contributed by atoms with Crippen LogP contribution in [0.1, 0.15) is 28.3 Å². The van der Waals surface area contributed by atoms with E-state index in [9.17, 15) is 9.18 Å². The smallest absolute Gasteiger partial charge is 0.252 e. The zero-order valence-corrected chi connectivity index (χ0v) is 13.4. The number of ether oxygens (including phenoxy) is 1. The van der Waals surface area contributed by atoms with Crippen molar-refractivity contribution in [3.8, 4) is 5.75 Å². The van der Waals surface area contributed by atoms with E-state index in [2.05, 4.69) is 5.32 Å². The van der Waals surface area contributed by atoms with Crippen molar-refractivity contribution < 1.29 is 13.9 Å². The lowest BCUT2D eigenvalue weighted by molar-refractivity contribution is 0.0994. The predicted octanol–water partition coefficient (Wildman–Crippen LogP) is 2.70. The van der Waals surface area contributed by atoms with E-state index in [0.717, 1.165) is 25.1 Å². The minimum Gasteiger partial charge on any atom is -0.492 e. The molecule has 3 rings (SSSR count). The molecule has 1 aliphatic heterocycles. The summed E-state index contributed by atoms with van der Waals surface area (Å²) in [5, 5.41) is 3.37. The Kier molecular flexibility index (Phi) is 5.11. The van der Waals surface area contributed by atoms with Crippen LogP contribution in [0.5, 0.6) is 5.75 Å². The van der Waals surface area contributed by atoms with Crippen LogP contribution in [0, 0.1) is 11.7 Å². The second-order valence-electron chi connectivity index (χ2n) is 6.08. The quantitative estimate of drug-likeness (QED) is 0.887. The van der Waals surface area contributed by atoms with Gasteiger partial charge < -0.3 is 15.8 Å². The first-order valence-electron chi connectivity index (χ1n) is 8.13. The van der Waals surface area contributed by atoms with Gasteiger partial charge in [-0.05, 0) is 48.7 Å². The summed E-state index contributed by atoms with van der Waals surface area (Å²) in [5.41, 5.74) is 6.90. The lowest BCUT2D eigenvalue weighted by atomic mass is 9.81. The molecule has 4 nitrogen and oxygen atoms in total. The molecule has 24 heavy (non-hydrogen) atoms. The lowest BCUT2D eigenvalue weighted by Gasteiger charge is -2.32. The maximum absolute atomic E-state index is 13.2. The molecule has 0 unspecified atom stereocenters. The number of carbonyl (C=O) groups is 1. The Bertz CT molecular complexity index is 703. The van der Waals surface area contributed by atoms with Crippen LogP contribution < -0.4 is 15.8 Å². The highest BCUT2D eigenvalue weighted by molar-refractivity contribution is 5.95. The highest BCUT2D eigenvalue weighted by atomic mass is 19.1. The first-order valence-corrected chi connectivity index (χ1v) is 8.13. The van der Waals surface area contributed by atoms with E-state index in [-0.39, 0.29) is 11.7 Å². The van der Waals surface area contributed by atoms with Gasteiger partial charge in [0.15, 0.2) is 0 Å². The van der Waals surface area contributed by atoms with Gasteiger partial charge in [-0.2, -0.15) is 0 Å². The molecule has 0 bridgehead atoms. The molecule has 0 aromatic heterocycles. The number of piperidine rings is 1. The highest BCUT2D eigenvalue weighted by Crippen LogP contribution is 2.31. The van der Waals surface area contributed by atoms with E-state index in [1.165, 1.54) is 12.1 Å². The van der Waals surface area contributed by atoms with Crippen molar-refractivity contribution in [2.75, 3.05) is 19.7 Å². The van der Waals surface area contributed by atoms with Crippen molar-refractivity contribution in [1.82, 2.24) is 5.32 Å². The zero-order valence-electron chi connectivity index (χ0n) is 13.4. The summed E-state index contributed by atoms with van der Waals surface area (Å²) < 4.78 is 19.1. The van der Waals surface area contributed by atoms with Gasteiger partial charge in [0.1, 0.15) is 11.6 Å². The number of hydrogen-bond donors (Lipinski definition) is 2. The number of nitrogens with two attached hydrogens (primary N) is 1. The number of primary amides is 1. The fraction of sp³-hybridized carbons (Fsp3) is 0.316. The molecule has 1 amide bonds. The summed E-state index contributed by atoms with van der Waals surface area (Å²) >= 11 is 0. The first-order chi connectivity index (χ1) is 11.6. The molecular formula is C19H21FN2O2. The van der Waals surface area contributed by atoms with Crippen LogP contribution in [0.15, 0.2) is 48.5 Å². The van der Waals surface area contributed by atoms with E-state index in [1.807, 2.05) is 18.2 Å². The van der Waals surface area contributed by atoms with Gasteiger partial charge in [-0.3, -0.25) is 4.79 Å². The van der Waals surface area contributed by atoms with Crippen molar-refractivity contribution in [1.29, 1.82) is 0 Å². The van der Waals surface area contributed by atoms with Crippen molar-refractivity contribution in [3.63, 3.8) is 0 Å². The average molecular weight is 328 g/mol. The third kappa shape index (κ3) is 3.74. The fourth-order valence-corrected chi connectivity index (χ4v) is 3.24. The molecule has 0 radical (unpaired) electrons. The number of para-hydroxylation sites is 1. The molecule has 0 spiro atoms. The number of halogens is 1. The zero-order chi connectivity index (χ0) is 16.9. The minimum atomic E-state index is -0.498. The Morgan fingerprint density at radius 1 is 1.21 bits per heavy atom. The minimum absolute atomic E-state index is 0.226. The Labute approximate surface area is 140 Å². The third-order valence-corrected chi connectivity index (χ3v) is 4.51. The van der Waals surface area contributed by atoms with Gasteiger partial charge in [-0.25, -0.2) is 4.39 Å². The Balaban J connectivity index is 1.73. The third-order valence-electron chi connectivity index (χ3n) is 4.51. The molecule has 1 saturated heterocycles. The van der Waals surface area contributed by atoms with Gasteiger partial charge in [0.25, 0.3) is 5.91 Å². The number of hydrogen-bond acceptors (Lipinski definition) is 3. The maximum Gasteiger partial charge on any atom is 0.252 e. The van der Waals surface area contributed by atoms with Gasteiger partial charge in [0.2, 0.25) is 0 Å². The summed E-state index contributed by atoms with van der Waals surface area (Å²) in [4.78, 5) is 11.5. The van der Waals surface area contributed by atoms with Gasteiger partial charge >= 0.3 is 0 Å². The number of nitrogens with one attached hydrogen (secondary N) is 1. The largest absolute Gasteiger partial charge is 0.492 e. The molecular weight excluding hydrogens is 307 g/mol. The number of rotatable bonds is 5. The van der Waals surface area contributed by atoms with E-state index in [1.54, 1.807) is 18.2 Å². The van der Waals surface area contributed by atoms with Crippen molar-refractivity contribution in [2.24, 2.45) is 11.7 Å². The second-order valence-corrected chi connectivity index (χ2v) is 6.08. The van der Waals surface area contributed by atoms with Crippen LogP contribution in [-0.2, 0) is 0 Å².